The van der Waals surface area contributed by atoms with E-state index in [-0.39, 0.29) is 29.2 Å². The highest BCUT2D eigenvalue weighted by Gasteiger charge is 2.51. The van der Waals surface area contributed by atoms with Crippen molar-refractivity contribution in [3.05, 3.63) is 53.4 Å². The number of rotatable bonds is 6. The summed E-state index contributed by atoms with van der Waals surface area (Å²) in [6, 6.07) is 0.435. The molecule has 1 saturated heterocycles. The van der Waals surface area contributed by atoms with Gasteiger partial charge in [0.2, 0.25) is 5.91 Å². The molecule has 0 bridgehead atoms. The molecule has 0 aliphatic carbocycles. The lowest BCUT2D eigenvalue weighted by molar-refractivity contribution is -0.142. The third-order valence-corrected chi connectivity index (χ3v) is 6.76. The molecule has 5 heterocycles. The van der Waals surface area contributed by atoms with Crippen molar-refractivity contribution < 1.29 is 32.1 Å². The van der Waals surface area contributed by atoms with Gasteiger partial charge in [0, 0.05) is 24.9 Å². The standard InChI is InChI=1S/C25H24F3N9O4/c1-12-5-15(7-30-20(12)25(26,27)28)17-8-29-9-18(32-17)33-22(38)14(3)37-11-31-21-19(37)23(39)36(24(40)35(21)4)10-16-6-13(2)41-34-16/h5-9,11,14,19,21H,10H2,1-4H3,(H,32,33,38)/t14-,19?,21?/m0/s1. The van der Waals surface area contributed by atoms with Crippen molar-refractivity contribution in [1.29, 1.82) is 0 Å². The van der Waals surface area contributed by atoms with Gasteiger partial charge >= 0.3 is 12.2 Å². The van der Waals surface area contributed by atoms with Crippen LogP contribution in [0.3, 0.4) is 0 Å². The fourth-order valence-electron chi connectivity index (χ4n) is 4.66. The van der Waals surface area contributed by atoms with E-state index in [9.17, 15) is 27.6 Å². The minimum Gasteiger partial charge on any atom is -0.361 e. The molecule has 0 saturated carbocycles. The number of fused-ring (bicyclic) bond motifs is 1. The number of urea groups is 1. The number of hydrogen-bond donors (Lipinski definition) is 1. The molecular weight excluding hydrogens is 547 g/mol. The van der Waals surface area contributed by atoms with Crippen LogP contribution >= 0.6 is 0 Å². The molecule has 16 heteroatoms. The number of aliphatic imine (C=N–C) groups is 1. The maximum Gasteiger partial charge on any atom is 0.433 e. The number of nitrogens with zero attached hydrogens (tertiary/aromatic N) is 8. The van der Waals surface area contributed by atoms with Crippen LogP contribution in [0, 0.1) is 13.8 Å². The molecule has 2 aliphatic rings. The summed E-state index contributed by atoms with van der Waals surface area (Å²) in [5, 5.41) is 6.47. The number of halogens is 3. The second-order valence-electron chi connectivity index (χ2n) is 9.66. The lowest BCUT2D eigenvalue weighted by Gasteiger charge is -2.42. The first kappa shape index (κ1) is 27.7. The molecule has 1 fully saturated rings. The Balaban J connectivity index is 1.32. The molecule has 5 rings (SSSR count). The van der Waals surface area contributed by atoms with Gasteiger partial charge in [0.15, 0.2) is 18.0 Å². The number of nitrogens with one attached hydrogen (secondary N) is 1. The minimum absolute atomic E-state index is 0.0369. The average molecular weight is 572 g/mol. The van der Waals surface area contributed by atoms with Gasteiger partial charge in [-0.25, -0.2) is 14.8 Å². The molecule has 1 N–H and O–H groups in total. The van der Waals surface area contributed by atoms with Gasteiger partial charge in [-0.3, -0.25) is 24.5 Å². The molecule has 41 heavy (non-hydrogen) atoms. The molecule has 3 atom stereocenters. The number of alkyl halides is 3. The average Bonchev–Trinajstić information content (AvgIpc) is 3.55. The van der Waals surface area contributed by atoms with E-state index in [2.05, 4.69) is 30.4 Å². The van der Waals surface area contributed by atoms with Crippen LogP contribution in [0.5, 0.6) is 0 Å². The van der Waals surface area contributed by atoms with E-state index >= 15 is 0 Å². The van der Waals surface area contributed by atoms with E-state index in [0.717, 1.165) is 11.1 Å². The smallest absolute Gasteiger partial charge is 0.361 e. The van der Waals surface area contributed by atoms with Crippen molar-refractivity contribution in [2.45, 2.75) is 51.7 Å². The van der Waals surface area contributed by atoms with Gasteiger partial charge in [0.1, 0.15) is 23.2 Å². The number of carbonyl (C=O) groups excluding carboxylic acids is 3. The Hall–Kier alpha value is -4.89. The number of anilines is 1. The van der Waals surface area contributed by atoms with Crippen LogP contribution in [-0.2, 0) is 22.3 Å². The summed E-state index contributed by atoms with van der Waals surface area (Å²) in [6.45, 7) is 4.42. The molecular formula is C25H24F3N9O4. The topological polar surface area (TPSA) is 150 Å². The van der Waals surface area contributed by atoms with Crippen molar-refractivity contribution in [2.24, 2.45) is 4.99 Å². The largest absolute Gasteiger partial charge is 0.433 e. The molecule has 3 aromatic rings. The monoisotopic (exact) mass is 571 g/mol. The predicted molar refractivity (Wildman–Crippen MR) is 136 cm³/mol. The number of amides is 4. The number of likely N-dealkylation sites (N-methyl/N-ethyl adjacent to an activating group) is 1. The first-order valence-corrected chi connectivity index (χ1v) is 12.3. The summed E-state index contributed by atoms with van der Waals surface area (Å²) >= 11 is 0. The quantitative estimate of drug-likeness (QED) is 0.471. The lowest BCUT2D eigenvalue weighted by Crippen LogP contribution is -2.66. The Bertz CT molecular complexity index is 1560. The van der Waals surface area contributed by atoms with Crippen LogP contribution in [0.1, 0.15) is 29.6 Å². The Morgan fingerprint density at radius 3 is 2.59 bits per heavy atom. The lowest BCUT2D eigenvalue weighted by atomic mass is 10.1. The molecule has 3 aromatic heterocycles. The normalized spacial score (nSPS) is 19.5. The number of carbonyl (C=O) groups is 3. The van der Waals surface area contributed by atoms with Crippen molar-refractivity contribution in [2.75, 3.05) is 12.4 Å². The number of aromatic nitrogens is 4. The van der Waals surface area contributed by atoms with Crippen LogP contribution in [0.25, 0.3) is 11.3 Å². The number of hydrogen-bond acceptors (Lipinski definition) is 10. The molecule has 0 spiro atoms. The highest BCUT2D eigenvalue weighted by Crippen LogP contribution is 2.32. The Morgan fingerprint density at radius 2 is 1.93 bits per heavy atom. The molecule has 0 aromatic carbocycles. The number of imide groups is 1. The molecule has 13 nitrogen and oxygen atoms in total. The van der Waals surface area contributed by atoms with Gasteiger partial charge in [0.25, 0.3) is 5.91 Å². The van der Waals surface area contributed by atoms with Crippen LogP contribution in [0.15, 0.2) is 40.2 Å². The van der Waals surface area contributed by atoms with E-state index in [0.29, 0.717) is 11.5 Å². The zero-order valence-electron chi connectivity index (χ0n) is 22.2. The van der Waals surface area contributed by atoms with Gasteiger partial charge in [-0.2, -0.15) is 13.2 Å². The fourth-order valence-corrected chi connectivity index (χ4v) is 4.66. The first-order valence-electron chi connectivity index (χ1n) is 12.3. The maximum atomic E-state index is 13.5. The van der Waals surface area contributed by atoms with Crippen LogP contribution < -0.4 is 5.32 Å². The Labute approximate surface area is 231 Å². The van der Waals surface area contributed by atoms with Crippen molar-refractivity contribution in [3.63, 3.8) is 0 Å². The van der Waals surface area contributed by atoms with Crippen molar-refractivity contribution >= 4 is 30.0 Å². The zero-order valence-corrected chi connectivity index (χ0v) is 22.2. The van der Waals surface area contributed by atoms with Crippen molar-refractivity contribution in [3.8, 4) is 11.3 Å². The highest BCUT2D eigenvalue weighted by molar-refractivity contribution is 6.03. The predicted octanol–water partition coefficient (Wildman–Crippen LogP) is 2.62. The maximum absolute atomic E-state index is 13.5. The number of aryl methyl sites for hydroxylation is 2. The van der Waals surface area contributed by atoms with Gasteiger partial charge in [0.05, 0.1) is 31.0 Å². The third kappa shape index (κ3) is 5.19. The van der Waals surface area contributed by atoms with Crippen LogP contribution in [0.2, 0.25) is 0 Å². The number of pyridine rings is 1. The second kappa shape index (κ2) is 10.3. The summed E-state index contributed by atoms with van der Waals surface area (Å²) in [5.41, 5.74) is -0.217. The SMILES string of the molecule is Cc1cc(CN2C(=O)C3C(N=CN3[C@@H](C)C(=O)Nc3cncc(-c4cnc(C(F)(F)F)c(C)c4)n3)N(C)C2=O)no1. The van der Waals surface area contributed by atoms with Crippen LogP contribution in [0.4, 0.5) is 23.8 Å². The molecule has 0 radical (unpaired) electrons. The van der Waals surface area contributed by atoms with E-state index in [4.69, 9.17) is 4.52 Å². The zero-order chi connectivity index (χ0) is 29.6. The van der Waals surface area contributed by atoms with Crippen LogP contribution in [-0.4, -0.2) is 84.3 Å². The minimum atomic E-state index is -4.59. The Kier molecular flexibility index (Phi) is 6.92. The summed E-state index contributed by atoms with van der Waals surface area (Å²) in [4.78, 5) is 59.5. The Morgan fingerprint density at radius 1 is 1.17 bits per heavy atom. The van der Waals surface area contributed by atoms with E-state index in [1.807, 2.05) is 0 Å². The van der Waals surface area contributed by atoms with E-state index in [1.54, 1.807) is 19.9 Å². The van der Waals surface area contributed by atoms with E-state index < -0.39 is 48.0 Å². The fraction of sp³-hybridized carbons (Fsp3) is 0.360. The highest BCUT2D eigenvalue weighted by atomic mass is 19.4. The summed E-state index contributed by atoms with van der Waals surface area (Å²) in [7, 11) is 1.51. The second-order valence-corrected chi connectivity index (χ2v) is 9.66. The first-order chi connectivity index (χ1) is 19.3. The molecule has 214 valence electrons. The van der Waals surface area contributed by atoms with E-state index in [1.165, 1.54) is 48.6 Å². The van der Waals surface area contributed by atoms with Gasteiger partial charge < -0.3 is 19.6 Å². The molecule has 2 aliphatic heterocycles. The van der Waals surface area contributed by atoms with Crippen molar-refractivity contribution in [1.82, 2.24) is 34.8 Å². The summed E-state index contributed by atoms with van der Waals surface area (Å²) in [6.07, 6.45) is -0.430. The molecule has 4 amide bonds. The third-order valence-electron chi connectivity index (χ3n) is 6.76. The summed E-state index contributed by atoms with van der Waals surface area (Å²) < 4.78 is 44.3. The summed E-state index contributed by atoms with van der Waals surface area (Å²) in [5.74, 6) is -0.551. The van der Waals surface area contributed by atoms with Gasteiger partial charge in [-0.1, -0.05) is 5.16 Å². The molecule has 2 unspecified atom stereocenters. The van der Waals surface area contributed by atoms with Gasteiger partial charge in [-0.15, -0.1) is 0 Å². The van der Waals surface area contributed by atoms with Gasteiger partial charge in [-0.05, 0) is 32.4 Å².